The maximum absolute atomic E-state index is 6.47. The highest BCUT2D eigenvalue weighted by molar-refractivity contribution is 14.1. The summed E-state index contributed by atoms with van der Waals surface area (Å²) in [5.74, 6) is 0.888. The number of benzene rings is 2. The highest BCUT2D eigenvalue weighted by Crippen LogP contribution is 2.31. The second-order valence-electron chi connectivity index (χ2n) is 4.84. The van der Waals surface area contributed by atoms with Gasteiger partial charge in [0.25, 0.3) is 0 Å². The summed E-state index contributed by atoms with van der Waals surface area (Å²) in [4.78, 5) is 0. The number of para-hydroxylation sites is 1. The van der Waals surface area contributed by atoms with Gasteiger partial charge >= 0.3 is 0 Å². The van der Waals surface area contributed by atoms with Crippen molar-refractivity contribution in [2.24, 2.45) is 5.73 Å². The van der Waals surface area contributed by atoms with Gasteiger partial charge in [0.15, 0.2) is 0 Å². The van der Waals surface area contributed by atoms with Crippen molar-refractivity contribution in [2.75, 3.05) is 6.61 Å². The number of nitrogens with two attached hydrogens (primary N) is 1. The van der Waals surface area contributed by atoms with E-state index in [0.29, 0.717) is 6.61 Å². The van der Waals surface area contributed by atoms with E-state index in [4.69, 9.17) is 10.5 Å². The molecule has 2 nitrogen and oxygen atoms in total. The Labute approximate surface area is 134 Å². The van der Waals surface area contributed by atoms with Gasteiger partial charge in [-0.15, -0.1) is 0 Å². The van der Waals surface area contributed by atoms with E-state index in [1.54, 1.807) is 0 Å². The number of hydrogen-bond acceptors (Lipinski definition) is 2. The fourth-order valence-corrected chi connectivity index (χ4v) is 2.85. The SMILES string of the molecule is CCCOc1ccccc1C(N)c1cccc(C)c1I. The van der Waals surface area contributed by atoms with Crippen molar-refractivity contribution in [1.29, 1.82) is 0 Å². The van der Waals surface area contributed by atoms with E-state index in [-0.39, 0.29) is 6.04 Å². The van der Waals surface area contributed by atoms with Crippen LogP contribution in [0.3, 0.4) is 0 Å². The molecule has 3 heteroatoms. The minimum Gasteiger partial charge on any atom is -0.493 e. The van der Waals surface area contributed by atoms with Crippen molar-refractivity contribution >= 4 is 22.6 Å². The lowest BCUT2D eigenvalue weighted by Crippen LogP contribution is -2.15. The fourth-order valence-electron chi connectivity index (χ4n) is 2.16. The summed E-state index contributed by atoms with van der Waals surface area (Å²) in [6.07, 6.45) is 0.992. The van der Waals surface area contributed by atoms with Crippen LogP contribution in [0.1, 0.15) is 36.1 Å². The summed E-state index contributed by atoms with van der Waals surface area (Å²) >= 11 is 2.37. The van der Waals surface area contributed by atoms with E-state index in [2.05, 4.69) is 54.6 Å². The first-order valence-corrected chi connectivity index (χ1v) is 7.95. The average molecular weight is 381 g/mol. The first kappa shape index (κ1) is 15.3. The highest BCUT2D eigenvalue weighted by atomic mass is 127. The summed E-state index contributed by atoms with van der Waals surface area (Å²) in [5, 5.41) is 0. The molecule has 0 aliphatic heterocycles. The normalized spacial score (nSPS) is 12.2. The van der Waals surface area contributed by atoms with E-state index in [0.717, 1.165) is 23.3 Å². The summed E-state index contributed by atoms with van der Waals surface area (Å²) < 4.78 is 7.04. The lowest BCUT2D eigenvalue weighted by Gasteiger charge is -2.19. The molecule has 2 aromatic carbocycles. The Kier molecular flexibility index (Phi) is 5.43. The molecule has 20 heavy (non-hydrogen) atoms. The van der Waals surface area contributed by atoms with Crippen LogP contribution in [0.15, 0.2) is 42.5 Å². The molecule has 106 valence electrons. The molecule has 0 heterocycles. The summed E-state index contributed by atoms with van der Waals surface area (Å²) in [6, 6.07) is 14.1. The highest BCUT2D eigenvalue weighted by Gasteiger charge is 2.16. The van der Waals surface area contributed by atoms with Crippen LogP contribution in [-0.4, -0.2) is 6.61 Å². The Hall–Kier alpha value is -1.07. The van der Waals surface area contributed by atoms with E-state index in [1.165, 1.54) is 9.13 Å². The largest absolute Gasteiger partial charge is 0.493 e. The fraction of sp³-hybridized carbons (Fsp3) is 0.294. The molecule has 0 aromatic heterocycles. The molecule has 0 aliphatic rings. The van der Waals surface area contributed by atoms with Crippen molar-refractivity contribution in [3.63, 3.8) is 0 Å². The maximum atomic E-state index is 6.47. The van der Waals surface area contributed by atoms with Crippen LogP contribution in [-0.2, 0) is 0 Å². The molecule has 2 aromatic rings. The minimum atomic E-state index is -0.158. The molecule has 2 N–H and O–H groups in total. The van der Waals surface area contributed by atoms with Gasteiger partial charge in [0.2, 0.25) is 0 Å². The molecule has 0 saturated carbocycles. The monoisotopic (exact) mass is 381 g/mol. The van der Waals surface area contributed by atoms with Crippen LogP contribution in [0.2, 0.25) is 0 Å². The number of rotatable bonds is 5. The number of hydrogen-bond donors (Lipinski definition) is 1. The molecule has 0 radical (unpaired) electrons. The van der Waals surface area contributed by atoms with Crippen LogP contribution in [0.4, 0.5) is 0 Å². The van der Waals surface area contributed by atoms with Crippen LogP contribution in [0.5, 0.6) is 5.75 Å². The average Bonchev–Trinajstić information content (AvgIpc) is 2.47. The number of halogens is 1. The van der Waals surface area contributed by atoms with Gasteiger partial charge in [-0.3, -0.25) is 0 Å². The molecule has 1 atom stereocenters. The Balaban J connectivity index is 2.38. The zero-order valence-electron chi connectivity index (χ0n) is 11.9. The third kappa shape index (κ3) is 3.33. The summed E-state index contributed by atoms with van der Waals surface area (Å²) in [6.45, 7) is 4.93. The van der Waals surface area contributed by atoms with Gasteiger partial charge in [0.1, 0.15) is 5.75 Å². The second kappa shape index (κ2) is 7.09. The van der Waals surface area contributed by atoms with E-state index in [1.807, 2.05) is 24.3 Å². The van der Waals surface area contributed by atoms with E-state index in [9.17, 15) is 0 Å². The lowest BCUT2D eigenvalue weighted by atomic mass is 9.97. The van der Waals surface area contributed by atoms with E-state index >= 15 is 0 Å². The zero-order valence-corrected chi connectivity index (χ0v) is 14.1. The van der Waals surface area contributed by atoms with E-state index < -0.39 is 0 Å². The standard InChI is InChI=1S/C17H20INO/c1-3-11-20-15-10-5-4-8-13(15)17(19)14-9-6-7-12(2)16(14)18/h4-10,17H,3,11,19H2,1-2H3. The van der Waals surface area contributed by atoms with Crippen molar-refractivity contribution in [2.45, 2.75) is 26.3 Å². The molecule has 0 saturated heterocycles. The Morgan fingerprint density at radius 1 is 1.10 bits per heavy atom. The van der Waals surface area contributed by atoms with Crippen molar-refractivity contribution in [1.82, 2.24) is 0 Å². The Morgan fingerprint density at radius 2 is 1.80 bits per heavy atom. The molecule has 0 spiro atoms. The maximum Gasteiger partial charge on any atom is 0.124 e. The molecular formula is C17H20INO. The quantitative estimate of drug-likeness (QED) is 0.778. The minimum absolute atomic E-state index is 0.158. The molecule has 2 rings (SSSR count). The molecule has 0 fully saturated rings. The predicted molar refractivity (Wildman–Crippen MR) is 92.2 cm³/mol. The summed E-state index contributed by atoms with van der Waals surface area (Å²) in [7, 11) is 0. The van der Waals surface area contributed by atoms with Gasteiger partial charge in [-0.1, -0.05) is 43.3 Å². The summed E-state index contributed by atoms with van der Waals surface area (Å²) in [5.41, 5.74) is 9.93. The Morgan fingerprint density at radius 3 is 2.55 bits per heavy atom. The van der Waals surface area contributed by atoms with Gasteiger partial charge in [0, 0.05) is 9.13 Å². The number of ether oxygens (including phenoxy) is 1. The van der Waals surface area contributed by atoms with Gasteiger partial charge < -0.3 is 10.5 Å². The second-order valence-corrected chi connectivity index (χ2v) is 5.92. The predicted octanol–water partition coefficient (Wildman–Crippen LogP) is 4.44. The van der Waals surface area contributed by atoms with Crippen molar-refractivity contribution < 1.29 is 4.74 Å². The molecule has 0 aliphatic carbocycles. The van der Waals surface area contributed by atoms with Gasteiger partial charge in [-0.05, 0) is 53.1 Å². The molecular weight excluding hydrogens is 361 g/mol. The zero-order chi connectivity index (χ0) is 14.5. The van der Waals surface area contributed by atoms with Crippen molar-refractivity contribution in [3.8, 4) is 5.75 Å². The first-order chi connectivity index (χ1) is 9.65. The van der Waals surface area contributed by atoms with Gasteiger partial charge in [0.05, 0.1) is 12.6 Å². The Bertz CT molecular complexity index is 583. The van der Waals surface area contributed by atoms with Crippen LogP contribution < -0.4 is 10.5 Å². The van der Waals surface area contributed by atoms with Crippen LogP contribution >= 0.6 is 22.6 Å². The lowest BCUT2D eigenvalue weighted by molar-refractivity contribution is 0.313. The number of aryl methyl sites for hydroxylation is 1. The first-order valence-electron chi connectivity index (χ1n) is 6.87. The molecule has 0 bridgehead atoms. The van der Waals surface area contributed by atoms with Gasteiger partial charge in [-0.2, -0.15) is 0 Å². The van der Waals surface area contributed by atoms with Crippen LogP contribution in [0.25, 0.3) is 0 Å². The molecule has 0 amide bonds. The topological polar surface area (TPSA) is 35.2 Å². The van der Waals surface area contributed by atoms with Gasteiger partial charge in [-0.25, -0.2) is 0 Å². The van der Waals surface area contributed by atoms with Crippen LogP contribution in [0, 0.1) is 10.5 Å². The molecule has 1 unspecified atom stereocenters. The smallest absolute Gasteiger partial charge is 0.124 e. The van der Waals surface area contributed by atoms with Crippen molar-refractivity contribution in [3.05, 3.63) is 62.7 Å². The third-order valence-corrected chi connectivity index (χ3v) is 4.75. The third-order valence-electron chi connectivity index (χ3n) is 3.27.